The number of imidazole rings is 1. The van der Waals surface area contributed by atoms with Crippen LogP contribution >= 0.6 is 0 Å². The Labute approximate surface area is 123 Å². The highest BCUT2D eigenvalue weighted by molar-refractivity contribution is 4.98. The Bertz CT molecular complexity index is 586. The van der Waals surface area contributed by atoms with Crippen molar-refractivity contribution in [1.29, 1.82) is 0 Å². The van der Waals surface area contributed by atoms with Crippen molar-refractivity contribution in [2.75, 3.05) is 13.1 Å². The lowest BCUT2D eigenvalue weighted by atomic mass is 9.91. The van der Waals surface area contributed by atoms with Crippen LogP contribution in [0.15, 0.2) is 16.8 Å². The monoisotopic (exact) mass is 291 g/mol. The van der Waals surface area contributed by atoms with Crippen molar-refractivity contribution >= 4 is 0 Å². The van der Waals surface area contributed by atoms with Crippen LogP contribution in [0.1, 0.15) is 36.6 Å². The Morgan fingerprint density at radius 2 is 2.14 bits per heavy atom. The first-order valence-electron chi connectivity index (χ1n) is 7.30. The molecule has 0 radical (unpaired) electrons. The van der Waals surface area contributed by atoms with Crippen LogP contribution < -0.4 is 0 Å². The maximum Gasteiger partial charge on any atom is 0.230 e. The Hall–Kier alpha value is -1.73. The molecule has 2 aromatic rings. The van der Waals surface area contributed by atoms with Gasteiger partial charge in [0.15, 0.2) is 0 Å². The van der Waals surface area contributed by atoms with Crippen LogP contribution in [0.4, 0.5) is 0 Å². The highest BCUT2D eigenvalue weighted by atomic mass is 16.4. The summed E-state index contributed by atoms with van der Waals surface area (Å²) in [5, 5.41) is 18.3. The zero-order valence-corrected chi connectivity index (χ0v) is 12.4. The van der Waals surface area contributed by atoms with E-state index in [-0.39, 0.29) is 5.92 Å². The van der Waals surface area contributed by atoms with Crippen LogP contribution in [0.3, 0.4) is 0 Å². The molecular weight excluding hydrogens is 270 g/mol. The second kappa shape index (κ2) is 5.95. The van der Waals surface area contributed by atoms with E-state index in [1.165, 1.54) is 0 Å². The van der Waals surface area contributed by atoms with Gasteiger partial charge in [0, 0.05) is 26.4 Å². The molecule has 0 spiro atoms. The second-order valence-electron chi connectivity index (χ2n) is 5.67. The molecule has 7 nitrogen and oxygen atoms in total. The van der Waals surface area contributed by atoms with Crippen molar-refractivity contribution in [2.45, 2.75) is 32.4 Å². The predicted octanol–water partition coefficient (Wildman–Crippen LogP) is 1.06. The van der Waals surface area contributed by atoms with E-state index < -0.39 is 6.10 Å². The molecule has 21 heavy (non-hydrogen) atoms. The zero-order valence-electron chi connectivity index (χ0n) is 12.4. The smallest absolute Gasteiger partial charge is 0.230 e. The van der Waals surface area contributed by atoms with Crippen molar-refractivity contribution in [1.82, 2.24) is 24.6 Å². The van der Waals surface area contributed by atoms with Crippen LogP contribution in [-0.2, 0) is 13.6 Å². The second-order valence-corrected chi connectivity index (χ2v) is 5.67. The molecule has 1 aliphatic heterocycles. The number of nitrogens with zero attached hydrogens (tertiary/aromatic N) is 5. The third-order valence-corrected chi connectivity index (χ3v) is 4.13. The molecule has 0 saturated carbocycles. The van der Waals surface area contributed by atoms with Gasteiger partial charge in [-0.15, -0.1) is 10.2 Å². The van der Waals surface area contributed by atoms with Gasteiger partial charge in [-0.2, -0.15) is 0 Å². The van der Waals surface area contributed by atoms with E-state index in [1.807, 2.05) is 17.8 Å². The molecule has 114 valence electrons. The van der Waals surface area contributed by atoms with E-state index in [9.17, 15) is 5.11 Å². The molecular formula is C14H21N5O2. The summed E-state index contributed by atoms with van der Waals surface area (Å²) in [4.78, 5) is 6.53. The highest BCUT2D eigenvalue weighted by Gasteiger charge is 2.28. The SMILES string of the molecule is Cc1nnc(CN2CCC(C(O)c3nccn3C)CC2)o1. The lowest BCUT2D eigenvalue weighted by Crippen LogP contribution is -2.35. The van der Waals surface area contributed by atoms with Crippen molar-refractivity contribution in [3.8, 4) is 0 Å². The number of hydrogen-bond acceptors (Lipinski definition) is 6. The molecule has 1 fully saturated rings. The number of aryl methyl sites for hydroxylation is 2. The molecule has 2 aromatic heterocycles. The predicted molar refractivity (Wildman–Crippen MR) is 75.2 cm³/mol. The summed E-state index contributed by atoms with van der Waals surface area (Å²) in [5.41, 5.74) is 0. The molecule has 0 aromatic carbocycles. The van der Waals surface area contributed by atoms with Crippen LogP contribution in [0.25, 0.3) is 0 Å². The molecule has 0 aliphatic carbocycles. The molecule has 1 atom stereocenters. The van der Waals surface area contributed by atoms with Crippen molar-refractivity contribution in [3.05, 3.63) is 30.0 Å². The van der Waals surface area contributed by atoms with Gasteiger partial charge >= 0.3 is 0 Å². The Morgan fingerprint density at radius 1 is 1.38 bits per heavy atom. The largest absolute Gasteiger partial charge is 0.424 e. The van der Waals surface area contributed by atoms with Gasteiger partial charge in [0.1, 0.15) is 11.9 Å². The molecule has 0 amide bonds. The molecule has 7 heteroatoms. The Kier molecular flexibility index (Phi) is 4.03. The van der Waals surface area contributed by atoms with Crippen LogP contribution in [0, 0.1) is 12.8 Å². The van der Waals surface area contributed by atoms with Crippen molar-refractivity contribution in [3.63, 3.8) is 0 Å². The average Bonchev–Trinajstić information content (AvgIpc) is 3.08. The maximum atomic E-state index is 10.5. The summed E-state index contributed by atoms with van der Waals surface area (Å²) in [5.74, 6) is 2.27. The number of rotatable bonds is 4. The van der Waals surface area contributed by atoms with E-state index in [2.05, 4.69) is 20.1 Å². The lowest BCUT2D eigenvalue weighted by molar-refractivity contribution is 0.0470. The summed E-state index contributed by atoms with van der Waals surface area (Å²) >= 11 is 0. The number of likely N-dealkylation sites (tertiary alicyclic amines) is 1. The third kappa shape index (κ3) is 3.14. The summed E-state index contributed by atoms with van der Waals surface area (Å²) in [6.07, 6.45) is 5.00. The van der Waals surface area contributed by atoms with Gasteiger partial charge < -0.3 is 14.1 Å². The zero-order chi connectivity index (χ0) is 14.8. The summed E-state index contributed by atoms with van der Waals surface area (Å²) in [6.45, 7) is 4.33. The summed E-state index contributed by atoms with van der Waals surface area (Å²) in [6, 6.07) is 0. The third-order valence-electron chi connectivity index (χ3n) is 4.13. The Balaban J connectivity index is 1.54. The van der Waals surface area contributed by atoms with Gasteiger partial charge in [0.2, 0.25) is 11.8 Å². The van der Waals surface area contributed by atoms with Gasteiger partial charge in [-0.05, 0) is 31.8 Å². The number of hydrogen-bond donors (Lipinski definition) is 1. The first-order valence-corrected chi connectivity index (χ1v) is 7.30. The van der Waals surface area contributed by atoms with Crippen LogP contribution in [-0.4, -0.2) is 42.8 Å². The highest BCUT2D eigenvalue weighted by Crippen LogP contribution is 2.30. The van der Waals surface area contributed by atoms with E-state index >= 15 is 0 Å². The minimum Gasteiger partial charge on any atom is -0.424 e. The summed E-state index contributed by atoms with van der Waals surface area (Å²) < 4.78 is 7.30. The van der Waals surface area contributed by atoms with E-state index in [4.69, 9.17) is 4.42 Å². The molecule has 3 heterocycles. The fourth-order valence-corrected chi connectivity index (χ4v) is 2.89. The number of aliphatic hydroxyl groups excluding tert-OH is 1. The Morgan fingerprint density at radius 3 is 2.71 bits per heavy atom. The van der Waals surface area contributed by atoms with Crippen molar-refractivity contribution < 1.29 is 9.52 Å². The standard InChI is InChI=1S/C14H21N5O2/c1-10-16-17-12(21-10)9-19-6-3-11(4-7-19)13(20)14-15-5-8-18(14)2/h5,8,11,13,20H,3-4,6-7,9H2,1-2H3. The molecule has 0 bridgehead atoms. The molecule has 1 aliphatic rings. The van der Waals surface area contributed by atoms with E-state index in [0.717, 1.165) is 31.8 Å². The summed E-state index contributed by atoms with van der Waals surface area (Å²) in [7, 11) is 1.92. The normalized spacial score (nSPS) is 19.0. The minimum atomic E-state index is -0.488. The number of piperidine rings is 1. The van der Waals surface area contributed by atoms with Gasteiger partial charge in [-0.1, -0.05) is 0 Å². The topological polar surface area (TPSA) is 80.2 Å². The quantitative estimate of drug-likeness (QED) is 0.907. The van der Waals surface area contributed by atoms with Crippen LogP contribution in [0.2, 0.25) is 0 Å². The first kappa shape index (κ1) is 14.2. The van der Waals surface area contributed by atoms with Crippen LogP contribution in [0.5, 0.6) is 0 Å². The minimum absolute atomic E-state index is 0.256. The van der Waals surface area contributed by atoms with Gasteiger partial charge in [0.05, 0.1) is 6.54 Å². The van der Waals surface area contributed by atoms with E-state index in [1.54, 1.807) is 13.1 Å². The van der Waals surface area contributed by atoms with Gasteiger partial charge in [-0.25, -0.2) is 4.98 Å². The number of aromatic nitrogens is 4. The van der Waals surface area contributed by atoms with Gasteiger partial charge in [0.25, 0.3) is 0 Å². The first-order chi connectivity index (χ1) is 10.1. The molecule has 1 saturated heterocycles. The van der Waals surface area contributed by atoms with E-state index in [0.29, 0.717) is 18.3 Å². The van der Waals surface area contributed by atoms with Gasteiger partial charge in [-0.3, -0.25) is 4.90 Å². The number of aliphatic hydroxyl groups is 1. The molecule has 1 unspecified atom stereocenters. The average molecular weight is 291 g/mol. The maximum absolute atomic E-state index is 10.5. The lowest BCUT2D eigenvalue weighted by Gasteiger charge is -2.33. The van der Waals surface area contributed by atoms with Crippen molar-refractivity contribution in [2.24, 2.45) is 13.0 Å². The fraction of sp³-hybridized carbons (Fsp3) is 0.643. The molecule has 1 N–H and O–H groups in total. The fourth-order valence-electron chi connectivity index (χ4n) is 2.89. The molecule has 3 rings (SSSR count).